The van der Waals surface area contributed by atoms with Gasteiger partial charge in [-0.25, -0.2) is 0 Å². The van der Waals surface area contributed by atoms with Crippen molar-refractivity contribution in [3.63, 3.8) is 0 Å². The molecule has 0 aromatic carbocycles. The van der Waals surface area contributed by atoms with Crippen LogP contribution >= 0.6 is 0 Å². The van der Waals surface area contributed by atoms with E-state index < -0.39 is 6.10 Å². The standard InChI is InChI=1S/C15H26N2O3/c1-11(16-9-12(18)8-15(2,3)4)14(19)17-10-13-6-5-7-20-13/h5-7,11-12,16,18H,8-10H2,1-4H3,(H,17,19). The maximum atomic E-state index is 11.8. The number of hydrogen-bond acceptors (Lipinski definition) is 4. The maximum Gasteiger partial charge on any atom is 0.237 e. The molecule has 0 saturated carbocycles. The fraction of sp³-hybridized carbons (Fsp3) is 0.667. The molecule has 1 aromatic rings. The van der Waals surface area contributed by atoms with Crippen LogP contribution in [0, 0.1) is 5.41 Å². The molecule has 5 heteroatoms. The maximum absolute atomic E-state index is 11.8. The lowest BCUT2D eigenvalue weighted by Gasteiger charge is -2.23. The van der Waals surface area contributed by atoms with Crippen LogP contribution in [0.15, 0.2) is 22.8 Å². The molecule has 20 heavy (non-hydrogen) atoms. The SMILES string of the molecule is CC(NCC(O)CC(C)(C)C)C(=O)NCc1ccco1. The highest BCUT2D eigenvalue weighted by molar-refractivity contribution is 5.81. The van der Waals surface area contributed by atoms with E-state index in [2.05, 4.69) is 31.4 Å². The Morgan fingerprint density at radius 1 is 1.45 bits per heavy atom. The summed E-state index contributed by atoms with van der Waals surface area (Å²) in [5.41, 5.74) is 0.0753. The van der Waals surface area contributed by atoms with Gasteiger partial charge >= 0.3 is 0 Å². The van der Waals surface area contributed by atoms with Crippen LogP contribution in [0.2, 0.25) is 0 Å². The molecule has 2 atom stereocenters. The van der Waals surface area contributed by atoms with Gasteiger partial charge in [-0.05, 0) is 30.9 Å². The van der Waals surface area contributed by atoms with Crippen molar-refractivity contribution in [1.82, 2.24) is 10.6 Å². The fourth-order valence-corrected chi connectivity index (χ4v) is 1.93. The van der Waals surface area contributed by atoms with Gasteiger partial charge in [-0.15, -0.1) is 0 Å². The third-order valence-electron chi connectivity index (χ3n) is 2.92. The first-order valence-corrected chi connectivity index (χ1v) is 6.99. The first kappa shape index (κ1) is 16.7. The number of aliphatic hydroxyl groups excluding tert-OH is 1. The molecule has 1 amide bonds. The van der Waals surface area contributed by atoms with Crippen molar-refractivity contribution < 1.29 is 14.3 Å². The summed E-state index contributed by atoms with van der Waals surface area (Å²) in [5.74, 6) is 0.614. The second-order valence-corrected chi connectivity index (χ2v) is 6.35. The number of nitrogens with one attached hydrogen (secondary N) is 2. The quantitative estimate of drug-likeness (QED) is 0.711. The van der Waals surface area contributed by atoms with E-state index in [1.807, 2.05) is 6.07 Å². The molecule has 0 spiro atoms. The summed E-state index contributed by atoms with van der Waals surface area (Å²) in [6.45, 7) is 8.80. The first-order chi connectivity index (χ1) is 9.28. The van der Waals surface area contributed by atoms with Crippen molar-refractivity contribution >= 4 is 5.91 Å². The molecule has 5 nitrogen and oxygen atoms in total. The molecule has 0 radical (unpaired) electrons. The Kier molecular flexibility index (Phi) is 6.23. The third-order valence-corrected chi connectivity index (χ3v) is 2.92. The molecule has 2 unspecified atom stereocenters. The minimum Gasteiger partial charge on any atom is -0.467 e. The Morgan fingerprint density at radius 2 is 2.15 bits per heavy atom. The van der Waals surface area contributed by atoms with Crippen molar-refractivity contribution in [3.8, 4) is 0 Å². The Labute approximate surface area is 120 Å². The third kappa shape index (κ3) is 6.73. The van der Waals surface area contributed by atoms with Crippen molar-refractivity contribution in [3.05, 3.63) is 24.2 Å². The van der Waals surface area contributed by atoms with E-state index in [0.29, 0.717) is 19.5 Å². The predicted octanol–water partition coefficient (Wildman–Crippen LogP) is 1.67. The molecule has 114 valence electrons. The minimum atomic E-state index is -0.449. The van der Waals surface area contributed by atoms with Gasteiger partial charge in [-0.2, -0.15) is 0 Å². The van der Waals surface area contributed by atoms with Gasteiger partial charge in [0.2, 0.25) is 5.91 Å². The van der Waals surface area contributed by atoms with E-state index >= 15 is 0 Å². The van der Waals surface area contributed by atoms with E-state index in [1.165, 1.54) is 0 Å². The van der Waals surface area contributed by atoms with E-state index in [-0.39, 0.29) is 17.4 Å². The Hall–Kier alpha value is -1.33. The van der Waals surface area contributed by atoms with Crippen LogP contribution in [0.25, 0.3) is 0 Å². The highest BCUT2D eigenvalue weighted by atomic mass is 16.3. The van der Waals surface area contributed by atoms with Gasteiger partial charge in [-0.1, -0.05) is 20.8 Å². The lowest BCUT2D eigenvalue weighted by molar-refractivity contribution is -0.123. The van der Waals surface area contributed by atoms with Gasteiger partial charge in [0.1, 0.15) is 5.76 Å². The summed E-state index contributed by atoms with van der Waals surface area (Å²) in [7, 11) is 0. The number of rotatable bonds is 7. The number of carbonyl (C=O) groups excluding carboxylic acids is 1. The Morgan fingerprint density at radius 3 is 2.70 bits per heavy atom. The van der Waals surface area contributed by atoms with Gasteiger partial charge in [0, 0.05) is 6.54 Å². The Balaban J connectivity index is 2.24. The van der Waals surface area contributed by atoms with Crippen LogP contribution in [0.4, 0.5) is 0 Å². The lowest BCUT2D eigenvalue weighted by Crippen LogP contribution is -2.45. The predicted molar refractivity (Wildman–Crippen MR) is 78.1 cm³/mol. The van der Waals surface area contributed by atoms with E-state index in [9.17, 15) is 9.90 Å². The molecule has 1 rings (SSSR count). The van der Waals surface area contributed by atoms with Crippen molar-refractivity contribution in [2.75, 3.05) is 6.54 Å². The van der Waals surface area contributed by atoms with Crippen molar-refractivity contribution in [2.24, 2.45) is 5.41 Å². The second-order valence-electron chi connectivity index (χ2n) is 6.35. The first-order valence-electron chi connectivity index (χ1n) is 6.99. The van der Waals surface area contributed by atoms with Gasteiger partial charge in [0.05, 0.1) is 25.0 Å². The fourth-order valence-electron chi connectivity index (χ4n) is 1.93. The van der Waals surface area contributed by atoms with Crippen LogP contribution in [-0.2, 0) is 11.3 Å². The lowest BCUT2D eigenvalue weighted by atomic mass is 9.89. The monoisotopic (exact) mass is 282 g/mol. The molecule has 0 bridgehead atoms. The van der Waals surface area contributed by atoms with Crippen molar-refractivity contribution in [1.29, 1.82) is 0 Å². The summed E-state index contributed by atoms with van der Waals surface area (Å²) >= 11 is 0. The molecular weight excluding hydrogens is 256 g/mol. The van der Waals surface area contributed by atoms with Crippen LogP contribution in [0.5, 0.6) is 0 Å². The van der Waals surface area contributed by atoms with E-state index in [4.69, 9.17) is 4.42 Å². The smallest absolute Gasteiger partial charge is 0.237 e. The zero-order valence-corrected chi connectivity index (χ0v) is 12.8. The van der Waals surface area contributed by atoms with Crippen LogP contribution in [0.1, 0.15) is 39.9 Å². The number of aliphatic hydroxyl groups is 1. The topological polar surface area (TPSA) is 74.5 Å². The summed E-state index contributed by atoms with van der Waals surface area (Å²) in [6.07, 6.45) is 1.82. The second kappa shape index (κ2) is 7.45. The van der Waals surface area contributed by atoms with Crippen LogP contribution in [-0.4, -0.2) is 29.7 Å². The van der Waals surface area contributed by atoms with Crippen LogP contribution in [0.3, 0.4) is 0 Å². The van der Waals surface area contributed by atoms with Crippen LogP contribution < -0.4 is 10.6 Å². The normalized spacial score (nSPS) is 14.8. The van der Waals surface area contributed by atoms with E-state index in [1.54, 1.807) is 19.3 Å². The van der Waals surface area contributed by atoms with Gasteiger partial charge in [0.25, 0.3) is 0 Å². The van der Waals surface area contributed by atoms with Gasteiger partial charge in [0.15, 0.2) is 0 Å². The van der Waals surface area contributed by atoms with Crippen molar-refractivity contribution in [2.45, 2.75) is 52.8 Å². The largest absolute Gasteiger partial charge is 0.467 e. The zero-order chi connectivity index (χ0) is 15.2. The summed E-state index contributed by atoms with van der Waals surface area (Å²) in [5, 5.41) is 15.7. The summed E-state index contributed by atoms with van der Waals surface area (Å²) in [6, 6.07) is 3.25. The average molecular weight is 282 g/mol. The summed E-state index contributed by atoms with van der Waals surface area (Å²) < 4.78 is 5.14. The molecule has 3 N–H and O–H groups in total. The molecule has 0 fully saturated rings. The van der Waals surface area contributed by atoms with E-state index in [0.717, 1.165) is 5.76 Å². The number of amides is 1. The highest BCUT2D eigenvalue weighted by Crippen LogP contribution is 2.20. The molecular formula is C15H26N2O3. The van der Waals surface area contributed by atoms with Gasteiger partial charge < -0.3 is 20.2 Å². The average Bonchev–Trinajstić information content (AvgIpc) is 2.83. The number of carbonyl (C=O) groups is 1. The molecule has 0 saturated heterocycles. The highest BCUT2D eigenvalue weighted by Gasteiger charge is 2.18. The molecule has 1 heterocycles. The molecule has 0 aliphatic carbocycles. The minimum absolute atomic E-state index is 0.0753. The molecule has 0 aliphatic heterocycles. The molecule has 1 aromatic heterocycles. The molecule has 0 aliphatic rings. The Bertz CT molecular complexity index is 396. The zero-order valence-electron chi connectivity index (χ0n) is 12.8. The van der Waals surface area contributed by atoms with Gasteiger partial charge in [-0.3, -0.25) is 4.79 Å². The summed E-state index contributed by atoms with van der Waals surface area (Å²) in [4.78, 5) is 11.8. The number of furan rings is 1. The number of hydrogen-bond donors (Lipinski definition) is 3.